The number of H-pyrrole nitrogens is 1. The van der Waals surface area contributed by atoms with E-state index in [1.54, 1.807) is 25.7 Å². The third-order valence-electron chi connectivity index (χ3n) is 9.14. The van der Waals surface area contributed by atoms with Gasteiger partial charge in [0.2, 0.25) is 23.6 Å². The Kier molecular flexibility index (Phi) is 13.0. The predicted octanol–water partition coefficient (Wildman–Crippen LogP) is 3.33. The largest absolute Gasteiger partial charge is 0.494 e. The van der Waals surface area contributed by atoms with E-state index in [0.29, 0.717) is 31.9 Å². The summed E-state index contributed by atoms with van der Waals surface area (Å²) in [5.41, 5.74) is 2.13. The highest BCUT2D eigenvalue weighted by atomic mass is 16.6. The number of piperidine rings is 1. The summed E-state index contributed by atoms with van der Waals surface area (Å²) in [6, 6.07) is 13.1. The van der Waals surface area contributed by atoms with Crippen molar-refractivity contribution in [3.8, 4) is 5.75 Å². The van der Waals surface area contributed by atoms with E-state index in [-0.39, 0.29) is 49.4 Å². The minimum absolute atomic E-state index is 0.0922. The molecule has 0 spiro atoms. The van der Waals surface area contributed by atoms with Gasteiger partial charge in [-0.25, -0.2) is 4.79 Å². The van der Waals surface area contributed by atoms with Crippen molar-refractivity contribution in [3.05, 3.63) is 71.0 Å². The Morgan fingerprint density at radius 2 is 1.85 bits per heavy atom. The minimum Gasteiger partial charge on any atom is -0.494 e. The van der Waals surface area contributed by atoms with Gasteiger partial charge in [0.05, 0.1) is 19.4 Å². The SMILES string of the molecule is Cc1ccc2cc1CNC(=O)[C@H](CCc1ccccc1)NC(=O)[C@@H](NC(=O)Cc1nc(NC(=O)OC(C)(C)C)n[nH]1)CC(=O)N1CCCC(CCO2)C1. The summed E-state index contributed by atoms with van der Waals surface area (Å²) in [6.07, 6.45) is 1.88. The van der Waals surface area contributed by atoms with Crippen molar-refractivity contribution < 1.29 is 33.4 Å². The van der Waals surface area contributed by atoms with Crippen molar-refractivity contribution in [1.29, 1.82) is 0 Å². The molecule has 3 atom stereocenters. The van der Waals surface area contributed by atoms with E-state index in [0.717, 1.165) is 36.0 Å². The van der Waals surface area contributed by atoms with Gasteiger partial charge in [-0.1, -0.05) is 36.4 Å². The number of carbonyl (C=O) groups excluding carboxylic acids is 5. The van der Waals surface area contributed by atoms with E-state index in [9.17, 15) is 24.0 Å². The van der Waals surface area contributed by atoms with E-state index >= 15 is 0 Å². The molecule has 5 rings (SSSR count). The molecule has 5 N–H and O–H groups in total. The molecule has 0 saturated carbocycles. The van der Waals surface area contributed by atoms with Crippen LogP contribution in [0.2, 0.25) is 0 Å². The molecule has 1 aromatic heterocycles. The molecule has 2 aliphatic heterocycles. The Morgan fingerprint density at radius 3 is 2.62 bits per heavy atom. The molecule has 3 heterocycles. The summed E-state index contributed by atoms with van der Waals surface area (Å²) in [4.78, 5) is 72.9. The second kappa shape index (κ2) is 17.8. The summed E-state index contributed by atoms with van der Waals surface area (Å²) in [5.74, 6) is -1.02. The van der Waals surface area contributed by atoms with E-state index in [2.05, 4.69) is 36.4 Å². The van der Waals surface area contributed by atoms with Gasteiger partial charge in [-0.15, -0.1) is 5.10 Å². The Hall–Kier alpha value is -5.47. The number of benzene rings is 2. The molecule has 284 valence electrons. The first-order chi connectivity index (χ1) is 25.3. The van der Waals surface area contributed by atoms with Gasteiger partial charge in [0.1, 0.15) is 29.3 Å². The van der Waals surface area contributed by atoms with Crippen LogP contribution in [-0.4, -0.2) is 87.2 Å². The van der Waals surface area contributed by atoms with Crippen LogP contribution in [0.5, 0.6) is 5.75 Å². The van der Waals surface area contributed by atoms with Crippen LogP contribution >= 0.6 is 0 Å². The number of amides is 5. The highest BCUT2D eigenvalue weighted by Crippen LogP contribution is 2.23. The lowest BCUT2D eigenvalue weighted by Gasteiger charge is -2.34. The minimum atomic E-state index is -1.29. The summed E-state index contributed by atoms with van der Waals surface area (Å²) in [7, 11) is 0. The Labute approximate surface area is 309 Å². The molecule has 2 aromatic carbocycles. The van der Waals surface area contributed by atoms with E-state index in [1.807, 2.05) is 55.5 Å². The molecule has 1 unspecified atom stereocenters. The average molecular weight is 731 g/mol. The zero-order chi connectivity index (χ0) is 38.0. The zero-order valence-corrected chi connectivity index (χ0v) is 30.8. The normalized spacial score (nSPS) is 20.2. The highest BCUT2D eigenvalue weighted by molar-refractivity contribution is 5.95. The molecule has 15 heteroatoms. The van der Waals surface area contributed by atoms with Crippen LogP contribution in [0, 0.1) is 12.8 Å². The van der Waals surface area contributed by atoms with Gasteiger partial charge in [0.15, 0.2) is 0 Å². The molecule has 5 amide bonds. The van der Waals surface area contributed by atoms with E-state index in [4.69, 9.17) is 9.47 Å². The summed E-state index contributed by atoms with van der Waals surface area (Å²) < 4.78 is 11.3. The van der Waals surface area contributed by atoms with Crippen LogP contribution in [0.4, 0.5) is 10.7 Å². The van der Waals surface area contributed by atoms with Crippen LogP contribution in [0.3, 0.4) is 0 Å². The monoisotopic (exact) mass is 730 g/mol. The molecular formula is C38H50N8O7. The molecule has 3 aromatic rings. The standard InChI is InChI=1S/C38H50N8O7/c1-24-12-14-28-19-27(24)22-39-34(49)29(15-13-25-9-6-5-7-10-25)41-35(50)30(20-33(48)46-17-8-11-26(23-46)16-18-52-28)40-32(47)21-31-42-36(45-44-31)43-37(51)53-38(2,3)4/h5-7,9-10,12,14,19,26,29-30H,8,11,13,15-18,20-23H2,1-4H3,(H,39,49)(H,40,47)(H,41,50)(H2,42,43,44,45,51)/t26?,29-,30-/m0/s1. The van der Waals surface area contributed by atoms with Gasteiger partial charge in [0, 0.05) is 19.6 Å². The van der Waals surface area contributed by atoms with Crippen molar-refractivity contribution >= 4 is 35.7 Å². The second-order valence-corrected chi connectivity index (χ2v) is 14.6. The number of hydrogen-bond acceptors (Lipinski definition) is 9. The fourth-order valence-corrected chi connectivity index (χ4v) is 6.34. The average Bonchev–Trinajstić information content (AvgIpc) is 3.54. The lowest BCUT2D eigenvalue weighted by molar-refractivity contribution is -0.138. The summed E-state index contributed by atoms with van der Waals surface area (Å²) in [6.45, 7) is 8.85. The van der Waals surface area contributed by atoms with Gasteiger partial charge in [0.25, 0.3) is 5.95 Å². The van der Waals surface area contributed by atoms with Crippen molar-refractivity contribution in [1.82, 2.24) is 36.0 Å². The molecule has 4 bridgehead atoms. The number of carbonyl (C=O) groups is 5. The first-order valence-corrected chi connectivity index (χ1v) is 18.1. The first kappa shape index (κ1) is 38.8. The van der Waals surface area contributed by atoms with Crippen molar-refractivity contribution in [2.24, 2.45) is 5.92 Å². The maximum Gasteiger partial charge on any atom is 0.414 e. The van der Waals surface area contributed by atoms with Crippen LogP contribution < -0.4 is 26.0 Å². The molecule has 1 fully saturated rings. The number of aryl methyl sites for hydroxylation is 2. The number of nitrogens with zero attached hydrogens (tertiary/aromatic N) is 3. The maximum atomic E-state index is 14.0. The predicted molar refractivity (Wildman–Crippen MR) is 196 cm³/mol. The number of fused-ring (bicyclic) bond motifs is 4. The number of anilines is 1. The third kappa shape index (κ3) is 12.0. The summed E-state index contributed by atoms with van der Waals surface area (Å²) >= 11 is 0. The fraction of sp³-hybridized carbons (Fsp3) is 0.500. The van der Waals surface area contributed by atoms with E-state index in [1.165, 1.54) is 0 Å². The Morgan fingerprint density at radius 1 is 1.06 bits per heavy atom. The molecule has 15 nitrogen and oxygen atoms in total. The zero-order valence-electron chi connectivity index (χ0n) is 30.8. The molecule has 0 radical (unpaired) electrons. The highest BCUT2D eigenvalue weighted by Gasteiger charge is 2.32. The number of rotatable bonds is 7. The lowest BCUT2D eigenvalue weighted by atomic mass is 9.94. The molecule has 1 saturated heterocycles. The molecule has 2 aliphatic rings. The van der Waals surface area contributed by atoms with Crippen LogP contribution in [0.1, 0.15) is 75.4 Å². The van der Waals surface area contributed by atoms with Crippen LogP contribution in [0.25, 0.3) is 0 Å². The molecular weight excluding hydrogens is 680 g/mol. The lowest BCUT2D eigenvalue weighted by Crippen LogP contribution is -2.55. The molecule has 0 aliphatic carbocycles. The number of aromatic nitrogens is 3. The Bertz CT molecular complexity index is 1760. The summed E-state index contributed by atoms with van der Waals surface area (Å²) in [5, 5.41) is 17.4. The van der Waals surface area contributed by atoms with Crippen molar-refractivity contribution in [3.63, 3.8) is 0 Å². The van der Waals surface area contributed by atoms with Crippen LogP contribution in [0.15, 0.2) is 48.5 Å². The fourth-order valence-electron chi connectivity index (χ4n) is 6.34. The van der Waals surface area contributed by atoms with Crippen molar-refractivity contribution in [2.45, 2.75) is 96.9 Å². The number of ether oxygens (including phenoxy) is 2. The smallest absolute Gasteiger partial charge is 0.414 e. The Balaban J connectivity index is 1.35. The number of nitrogens with one attached hydrogen (secondary N) is 5. The van der Waals surface area contributed by atoms with Crippen LogP contribution in [-0.2, 0) is 43.3 Å². The van der Waals surface area contributed by atoms with E-state index < -0.39 is 41.5 Å². The third-order valence-corrected chi connectivity index (χ3v) is 9.14. The van der Waals surface area contributed by atoms with Gasteiger partial charge >= 0.3 is 6.09 Å². The van der Waals surface area contributed by atoms with Gasteiger partial charge in [-0.3, -0.25) is 29.6 Å². The number of aromatic amines is 1. The quantitative estimate of drug-likeness (QED) is 0.242. The van der Waals surface area contributed by atoms with Gasteiger partial charge in [-0.05, 0) is 94.5 Å². The van der Waals surface area contributed by atoms with Gasteiger partial charge < -0.3 is 30.3 Å². The van der Waals surface area contributed by atoms with Crippen molar-refractivity contribution in [2.75, 3.05) is 25.0 Å². The topological polar surface area (TPSA) is 197 Å². The maximum absolute atomic E-state index is 14.0. The second-order valence-electron chi connectivity index (χ2n) is 14.6. The molecule has 53 heavy (non-hydrogen) atoms. The number of hydrogen-bond donors (Lipinski definition) is 5. The van der Waals surface area contributed by atoms with Gasteiger partial charge in [-0.2, -0.15) is 4.98 Å². The first-order valence-electron chi connectivity index (χ1n) is 18.1.